The van der Waals surface area contributed by atoms with E-state index >= 15 is 0 Å². The van der Waals surface area contributed by atoms with Crippen LogP contribution in [0, 0.1) is 0 Å². The summed E-state index contributed by atoms with van der Waals surface area (Å²) in [5, 5.41) is 0. The first-order valence-electron chi connectivity index (χ1n) is 3.54. The summed E-state index contributed by atoms with van der Waals surface area (Å²) in [5.41, 5.74) is 0. The van der Waals surface area contributed by atoms with Crippen molar-refractivity contribution in [2.45, 2.75) is 18.9 Å². The molecular formula is C7H13NOS. The molecule has 0 radical (unpaired) electrons. The van der Waals surface area contributed by atoms with Gasteiger partial charge in [-0.15, -0.1) is 0 Å². The lowest BCUT2D eigenvalue weighted by Crippen LogP contribution is -2.31. The molecular weight excluding hydrogens is 146 g/mol. The fourth-order valence-electron chi connectivity index (χ4n) is 1.06. The first-order chi connectivity index (χ1) is 4.72. The van der Waals surface area contributed by atoms with E-state index in [0.717, 1.165) is 24.4 Å². The lowest BCUT2D eigenvalue weighted by atomic mass is 10.2. The number of nitrogens with zero attached hydrogens (tertiary/aromatic N) is 1. The molecule has 1 fully saturated rings. The van der Waals surface area contributed by atoms with E-state index in [9.17, 15) is 0 Å². The highest BCUT2D eigenvalue weighted by Crippen LogP contribution is 2.14. The van der Waals surface area contributed by atoms with Crippen LogP contribution in [0.1, 0.15) is 12.8 Å². The van der Waals surface area contributed by atoms with Gasteiger partial charge in [0.1, 0.15) is 11.1 Å². The molecule has 0 amide bonds. The van der Waals surface area contributed by atoms with Crippen LogP contribution in [0.25, 0.3) is 0 Å². The van der Waals surface area contributed by atoms with Crippen molar-refractivity contribution in [2.24, 2.45) is 0 Å². The average molecular weight is 159 g/mol. The molecule has 0 aromatic rings. The molecule has 0 aliphatic carbocycles. The smallest absolute Gasteiger partial charge is 0.108 e. The Balaban J connectivity index is 2.40. The third-order valence-electron chi connectivity index (χ3n) is 1.65. The highest BCUT2D eigenvalue weighted by atomic mass is 32.1. The number of thiocarbonyl (C=S) groups is 1. The van der Waals surface area contributed by atoms with E-state index < -0.39 is 0 Å². The van der Waals surface area contributed by atoms with E-state index in [1.165, 1.54) is 0 Å². The summed E-state index contributed by atoms with van der Waals surface area (Å²) in [6, 6.07) is 0. The van der Waals surface area contributed by atoms with Crippen molar-refractivity contribution in [3.8, 4) is 0 Å². The Labute approximate surface area is 67.2 Å². The molecule has 1 atom stereocenters. The van der Waals surface area contributed by atoms with Crippen molar-refractivity contribution in [2.75, 3.05) is 20.7 Å². The Kier molecular flexibility index (Phi) is 2.63. The summed E-state index contributed by atoms with van der Waals surface area (Å²) in [7, 11) is 3.92. The Bertz CT molecular complexity index is 130. The van der Waals surface area contributed by atoms with Crippen molar-refractivity contribution in [3.63, 3.8) is 0 Å². The van der Waals surface area contributed by atoms with Gasteiger partial charge in [-0.05, 0) is 12.8 Å². The monoisotopic (exact) mass is 159 g/mol. The third-order valence-corrected chi connectivity index (χ3v) is 2.27. The molecule has 1 aliphatic heterocycles. The van der Waals surface area contributed by atoms with Crippen LogP contribution in [0.4, 0.5) is 0 Å². The first-order valence-corrected chi connectivity index (χ1v) is 3.95. The molecule has 58 valence electrons. The largest absolute Gasteiger partial charge is 0.371 e. The zero-order valence-corrected chi connectivity index (χ0v) is 7.28. The highest BCUT2D eigenvalue weighted by Gasteiger charge is 2.20. The zero-order valence-electron chi connectivity index (χ0n) is 6.46. The van der Waals surface area contributed by atoms with E-state index in [1.807, 2.05) is 19.0 Å². The standard InChI is InChI=1S/C7H13NOS/c1-8(2)7(10)6-4-3-5-9-6/h6H,3-5H2,1-2H3. The molecule has 3 heteroatoms. The van der Waals surface area contributed by atoms with E-state index in [-0.39, 0.29) is 6.10 Å². The molecule has 1 aliphatic rings. The summed E-state index contributed by atoms with van der Waals surface area (Å²) in [5.74, 6) is 0. The molecule has 10 heavy (non-hydrogen) atoms. The van der Waals surface area contributed by atoms with Crippen LogP contribution in [-0.4, -0.2) is 36.7 Å². The van der Waals surface area contributed by atoms with Gasteiger partial charge >= 0.3 is 0 Å². The van der Waals surface area contributed by atoms with Crippen LogP contribution >= 0.6 is 12.2 Å². The Morgan fingerprint density at radius 1 is 1.60 bits per heavy atom. The second-order valence-electron chi connectivity index (χ2n) is 2.73. The maximum atomic E-state index is 5.39. The quantitative estimate of drug-likeness (QED) is 0.531. The van der Waals surface area contributed by atoms with Gasteiger partial charge in [-0.25, -0.2) is 0 Å². The van der Waals surface area contributed by atoms with E-state index in [2.05, 4.69) is 0 Å². The van der Waals surface area contributed by atoms with Crippen LogP contribution in [0.3, 0.4) is 0 Å². The second kappa shape index (κ2) is 3.30. The van der Waals surface area contributed by atoms with Crippen LogP contribution in [0.2, 0.25) is 0 Å². The van der Waals surface area contributed by atoms with Gasteiger partial charge in [-0.2, -0.15) is 0 Å². The summed E-state index contributed by atoms with van der Waals surface area (Å²) in [6.07, 6.45) is 2.46. The zero-order chi connectivity index (χ0) is 7.56. The van der Waals surface area contributed by atoms with Gasteiger partial charge in [0, 0.05) is 20.7 Å². The van der Waals surface area contributed by atoms with E-state index in [4.69, 9.17) is 17.0 Å². The molecule has 0 spiro atoms. The van der Waals surface area contributed by atoms with E-state index in [1.54, 1.807) is 0 Å². The van der Waals surface area contributed by atoms with Crippen molar-refractivity contribution < 1.29 is 4.74 Å². The Morgan fingerprint density at radius 2 is 2.30 bits per heavy atom. The number of likely N-dealkylation sites (N-methyl/N-ethyl adjacent to an activating group) is 1. The van der Waals surface area contributed by atoms with Gasteiger partial charge < -0.3 is 9.64 Å². The number of ether oxygens (including phenoxy) is 1. The predicted molar refractivity (Wildman–Crippen MR) is 45.3 cm³/mol. The Hall–Kier alpha value is -0.150. The number of hydrogen-bond acceptors (Lipinski definition) is 2. The topological polar surface area (TPSA) is 12.5 Å². The summed E-state index contributed by atoms with van der Waals surface area (Å²) < 4.78 is 5.39. The fraction of sp³-hybridized carbons (Fsp3) is 0.857. The van der Waals surface area contributed by atoms with Crippen molar-refractivity contribution in [1.82, 2.24) is 4.90 Å². The number of rotatable bonds is 1. The summed E-state index contributed by atoms with van der Waals surface area (Å²) in [6.45, 7) is 0.874. The van der Waals surface area contributed by atoms with Gasteiger partial charge in [-0.1, -0.05) is 12.2 Å². The lowest BCUT2D eigenvalue weighted by molar-refractivity contribution is 0.153. The molecule has 1 unspecified atom stereocenters. The highest BCUT2D eigenvalue weighted by molar-refractivity contribution is 7.80. The molecule has 1 heterocycles. The van der Waals surface area contributed by atoms with Crippen LogP contribution in [-0.2, 0) is 4.74 Å². The second-order valence-corrected chi connectivity index (χ2v) is 3.15. The SMILES string of the molecule is CN(C)C(=S)C1CCCO1. The van der Waals surface area contributed by atoms with Gasteiger partial charge in [0.15, 0.2) is 0 Å². The summed E-state index contributed by atoms with van der Waals surface area (Å²) in [4.78, 5) is 2.88. The maximum Gasteiger partial charge on any atom is 0.108 e. The van der Waals surface area contributed by atoms with Crippen molar-refractivity contribution in [3.05, 3.63) is 0 Å². The lowest BCUT2D eigenvalue weighted by Gasteiger charge is -2.18. The molecule has 0 saturated carbocycles. The minimum absolute atomic E-state index is 0.213. The molecule has 2 nitrogen and oxygen atoms in total. The fourth-order valence-corrected chi connectivity index (χ4v) is 1.25. The van der Waals surface area contributed by atoms with Crippen molar-refractivity contribution in [1.29, 1.82) is 0 Å². The molecule has 0 bridgehead atoms. The van der Waals surface area contributed by atoms with Gasteiger partial charge in [0.05, 0.1) is 0 Å². The van der Waals surface area contributed by atoms with E-state index in [0.29, 0.717) is 0 Å². The van der Waals surface area contributed by atoms with Crippen LogP contribution in [0.5, 0.6) is 0 Å². The molecule has 1 rings (SSSR count). The normalized spacial score (nSPS) is 24.8. The Morgan fingerprint density at radius 3 is 2.70 bits per heavy atom. The molecule has 0 N–H and O–H groups in total. The predicted octanol–water partition coefficient (Wildman–Crippen LogP) is 1.05. The van der Waals surface area contributed by atoms with Gasteiger partial charge in [-0.3, -0.25) is 0 Å². The van der Waals surface area contributed by atoms with Crippen LogP contribution < -0.4 is 0 Å². The van der Waals surface area contributed by atoms with Gasteiger partial charge in [0.2, 0.25) is 0 Å². The third kappa shape index (κ3) is 1.67. The van der Waals surface area contributed by atoms with Crippen LogP contribution in [0.15, 0.2) is 0 Å². The first kappa shape index (κ1) is 7.95. The number of hydrogen-bond donors (Lipinski definition) is 0. The minimum atomic E-state index is 0.213. The summed E-state index contributed by atoms with van der Waals surface area (Å²) >= 11 is 5.14. The molecule has 0 aromatic heterocycles. The average Bonchev–Trinajstić information content (AvgIpc) is 2.36. The molecule has 1 saturated heterocycles. The molecule has 0 aromatic carbocycles. The van der Waals surface area contributed by atoms with Gasteiger partial charge in [0.25, 0.3) is 0 Å². The van der Waals surface area contributed by atoms with Crippen molar-refractivity contribution >= 4 is 17.2 Å². The maximum absolute atomic E-state index is 5.39. The minimum Gasteiger partial charge on any atom is -0.371 e.